The van der Waals surface area contributed by atoms with Gasteiger partial charge in [0.15, 0.2) is 0 Å². The van der Waals surface area contributed by atoms with Crippen LogP contribution in [-0.4, -0.2) is 74.0 Å². The molecular formula is C33H48O8. The van der Waals surface area contributed by atoms with Crippen LogP contribution in [0.4, 0.5) is 0 Å². The topological polar surface area (TPSA) is 112 Å². The van der Waals surface area contributed by atoms with Crippen LogP contribution in [-0.2, 0) is 35.0 Å². The van der Waals surface area contributed by atoms with Crippen molar-refractivity contribution >= 4 is 18.0 Å². The Balaban J connectivity index is 1.61. The minimum Gasteiger partial charge on any atom is -0.463 e. The van der Waals surface area contributed by atoms with Crippen LogP contribution in [0.5, 0.6) is 0 Å². The van der Waals surface area contributed by atoms with Crippen molar-refractivity contribution in [3.05, 3.63) is 52.6 Å². The Morgan fingerprint density at radius 1 is 0.976 bits per heavy atom. The molecule has 1 fully saturated rings. The molecule has 8 heteroatoms. The molecule has 0 bridgehead atoms. The molecule has 0 spiro atoms. The van der Waals surface area contributed by atoms with Crippen LogP contribution < -0.4 is 0 Å². The number of carbonyl (C=O) groups excluding carboxylic acids is 2. The first-order valence-corrected chi connectivity index (χ1v) is 15.1. The number of hydrogen-bond donors (Lipinski definition) is 2. The number of unbranched alkanes of at least 4 members (excludes halogenated alkanes) is 2. The lowest BCUT2D eigenvalue weighted by atomic mass is 9.79. The quantitative estimate of drug-likeness (QED) is 0.154. The van der Waals surface area contributed by atoms with Crippen molar-refractivity contribution < 1.29 is 38.7 Å². The standard InChI is InChI=1S/C33H48O8/c1-4-5-6-7-25-8-9-27-17-28(11-10-26(27)16-25)29-18-30(38-12-14-40-32(36)23(2)21-34)20-31(19-29)39-13-15-41-33(37)24(3)22-35/h10-11,16-17,24,29-31,34-35H,2,4-9,12-15,18-22H2,1,3H3. The van der Waals surface area contributed by atoms with Crippen molar-refractivity contribution in [1.82, 2.24) is 0 Å². The van der Waals surface area contributed by atoms with Crippen molar-refractivity contribution in [2.45, 2.75) is 89.8 Å². The number of aliphatic hydroxyl groups is 2. The van der Waals surface area contributed by atoms with Crippen molar-refractivity contribution in [3.8, 4) is 0 Å². The highest BCUT2D eigenvalue weighted by molar-refractivity contribution is 5.87. The van der Waals surface area contributed by atoms with Gasteiger partial charge in [0.1, 0.15) is 13.2 Å². The van der Waals surface area contributed by atoms with Gasteiger partial charge in [-0.15, -0.1) is 0 Å². The third-order valence-corrected chi connectivity index (χ3v) is 7.94. The minimum atomic E-state index is -0.625. The predicted molar refractivity (Wildman–Crippen MR) is 157 cm³/mol. The van der Waals surface area contributed by atoms with Gasteiger partial charge in [0, 0.05) is 0 Å². The molecule has 1 saturated carbocycles. The summed E-state index contributed by atoms with van der Waals surface area (Å²) in [5.74, 6) is -1.37. The fourth-order valence-electron chi connectivity index (χ4n) is 5.47. The van der Waals surface area contributed by atoms with Crippen molar-refractivity contribution in [3.63, 3.8) is 0 Å². The zero-order chi connectivity index (χ0) is 29.6. The number of ether oxygens (including phenoxy) is 4. The fourth-order valence-corrected chi connectivity index (χ4v) is 5.47. The molecule has 0 aromatic heterocycles. The number of benzene rings is 1. The minimum absolute atomic E-state index is 0.0145. The number of aryl methyl sites for hydroxylation is 1. The van der Waals surface area contributed by atoms with E-state index < -0.39 is 24.5 Å². The van der Waals surface area contributed by atoms with Crippen LogP contribution in [0, 0.1) is 5.92 Å². The predicted octanol–water partition coefficient (Wildman–Crippen LogP) is 4.90. The van der Waals surface area contributed by atoms with Crippen LogP contribution in [0.15, 0.2) is 35.9 Å². The number of hydrogen-bond acceptors (Lipinski definition) is 8. The molecule has 2 aliphatic carbocycles. The highest BCUT2D eigenvalue weighted by Crippen LogP contribution is 2.38. The van der Waals surface area contributed by atoms with Crippen molar-refractivity contribution in [2.75, 3.05) is 39.6 Å². The first kappa shape index (κ1) is 33.0. The van der Waals surface area contributed by atoms with Gasteiger partial charge in [0.05, 0.1) is 50.1 Å². The number of fused-ring (bicyclic) bond motifs is 1. The molecule has 228 valence electrons. The molecule has 0 amide bonds. The van der Waals surface area contributed by atoms with E-state index in [-0.39, 0.29) is 56.7 Å². The number of aliphatic hydroxyl groups excluding tert-OH is 2. The maximum Gasteiger partial charge on any atom is 0.335 e. The van der Waals surface area contributed by atoms with Crippen molar-refractivity contribution in [2.24, 2.45) is 5.92 Å². The lowest BCUT2D eigenvalue weighted by Gasteiger charge is -2.35. The van der Waals surface area contributed by atoms with E-state index in [0.29, 0.717) is 6.42 Å². The summed E-state index contributed by atoms with van der Waals surface area (Å²) in [6.07, 6.45) is 11.7. The van der Waals surface area contributed by atoms with Crippen LogP contribution in [0.3, 0.4) is 0 Å². The number of allylic oxidation sites excluding steroid dienone is 1. The second-order valence-electron chi connectivity index (χ2n) is 11.3. The molecule has 2 aliphatic rings. The van der Waals surface area contributed by atoms with Gasteiger partial charge in [-0.25, -0.2) is 4.79 Å². The third-order valence-electron chi connectivity index (χ3n) is 7.94. The van der Waals surface area contributed by atoms with E-state index in [1.165, 1.54) is 42.4 Å². The largest absolute Gasteiger partial charge is 0.463 e. The Hall–Kier alpha value is -2.52. The second-order valence-corrected chi connectivity index (χ2v) is 11.3. The third kappa shape index (κ3) is 10.7. The fraction of sp³-hybridized carbons (Fsp3) is 0.636. The Kier molecular flexibility index (Phi) is 14.0. The molecule has 4 unspecified atom stereocenters. The molecule has 1 aromatic carbocycles. The molecule has 0 radical (unpaired) electrons. The van der Waals surface area contributed by atoms with E-state index in [1.807, 2.05) is 0 Å². The van der Waals surface area contributed by atoms with Gasteiger partial charge < -0.3 is 29.2 Å². The molecule has 0 saturated heterocycles. The maximum atomic E-state index is 11.9. The molecule has 8 nitrogen and oxygen atoms in total. The maximum absolute atomic E-state index is 11.9. The van der Waals surface area contributed by atoms with Gasteiger partial charge in [-0.3, -0.25) is 4.79 Å². The molecule has 2 N–H and O–H groups in total. The molecule has 4 atom stereocenters. The van der Waals surface area contributed by atoms with Gasteiger partial charge in [0.2, 0.25) is 0 Å². The van der Waals surface area contributed by atoms with E-state index in [1.54, 1.807) is 12.5 Å². The van der Waals surface area contributed by atoms with Crippen LogP contribution in [0.25, 0.3) is 6.08 Å². The van der Waals surface area contributed by atoms with E-state index >= 15 is 0 Å². The molecule has 41 heavy (non-hydrogen) atoms. The van der Waals surface area contributed by atoms with Gasteiger partial charge in [-0.2, -0.15) is 0 Å². The van der Waals surface area contributed by atoms with Crippen molar-refractivity contribution in [1.29, 1.82) is 0 Å². The monoisotopic (exact) mass is 572 g/mol. The summed E-state index contributed by atoms with van der Waals surface area (Å²) in [6.45, 7) is 7.37. The summed E-state index contributed by atoms with van der Waals surface area (Å²) >= 11 is 0. The number of rotatable bonds is 17. The molecular weight excluding hydrogens is 524 g/mol. The Labute approximate surface area is 244 Å². The summed E-state index contributed by atoms with van der Waals surface area (Å²) in [6, 6.07) is 6.83. The van der Waals surface area contributed by atoms with Gasteiger partial charge >= 0.3 is 11.9 Å². The van der Waals surface area contributed by atoms with Gasteiger partial charge in [-0.05, 0) is 74.5 Å². The number of esters is 2. The SMILES string of the molecule is C=C(CO)C(=O)OCCOC1CC(OCCOC(=O)C(C)CO)CC(c2ccc3c(c2)CCC(CCCCC)=C3)C1. The van der Waals surface area contributed by atoms with E-state index in [0.717, 1.165) is 25.7 Å². The zero-order valence-corrected chi connectivity index (χ0v) is 24.8. The second kappa shape index (κ2) is 17.4. The van der Waals surface area contributed by atoms with Crippen LogP contribution in [0.2, 0.25) is 0 Å². The first-order valence-electron chi connectivity index (χ1n) is 15.1. The van der Waals surface area contributed by atoms with E-state index in [2.05, 4.69) is 37.8 Å². The summed E-state index contributed by atoms with van der Waals surface area (Å²) in [5, 5.41) is 18.2. The zero-order valence-electron chi connectivity index (χ0n) is 24.8. The Morgan fingerprint density at radius 2 is 1.68 bits per heavy atom. The highest BCUT2D eigenvalue weighted by atomic mass is 16.6. The summed E-state index contributed by atoms with van der Waals surface area (Å²) in [5.41, 5.74) is 5.56. The normalized spacial score (nSPS) is 21.0. The summed E-state index contributed by atoms with van der Waals surface area (Å²) < 4.78 is 22.6. The summed E-state index contributed by atoms with van der Waals surface area (Å²) in [4.78, 5) is 23.6. The smallest absolute Gasteiger partial charge is 0.335 e. The van der Waals surface area contributed by atoms with Crippen LogP contribution >= 0.6 is 0 Å². The molecule has 3 rings (SSSR count). The average Bonchev–Trinajstić information content (AvgIpc) is 3.00. The highest BCUT2D eigenvalue weighted by Gasteiger charge is 2.31. The Bertz CT molecular complexity index is 1030. The molecule has 0 aliphatic heterocycles. The van der Waals surface area contributed by atoms with E-state index in [9.17, 15) is 9.59 Å². The first-order chi connectivity index (χ1) is 19.8. The van der Waals surface area contributed by atoms with Gasteiger partial charge in [0.25, 0.3) is 0 Å². The lowest BCUT2D eigenvalue weighted by molar-refractivity contribution is -0.152. The number of carbonyl (C=O) groups is 2. The van der Waals surface area contributed by atoms with E-state index in [4.69, 9.17) is 29.2 Å². The molecule has 0 heterocycles. The average molecular weight is 573 g/mol. The Morgan fingerprint density at radius 3 is 2.34 bits per heavy atom. The van der Waals surface area contributed by atoms with Crippen LogP contribution in [0.1, 0.15) is 87.8 Å². The lowest BCUT2D eigenvalue weighted by Crippen LogP contribution is -2.34. The molecule has 1 aromatic rings. The summed E-state index contributed by atoms with van der Waals surface area (Å²) in [7, 11) is 0. The van der Waals surface area contributed by atoms with Gasteiger partial charge in [-0.1, -0.05) is 56.2 Å².